The molecule has 0 aliphatic rings. The van der Waals surface area contributed by atoms with Gasteiger partial charge in [0, 0.05) is 17.5 Å². The van der Waals surface area contributed by atoms with Crippen LogP contribution in [0.3, 0.4) is 0 Å². The largest absolute Gasteiger partial charge is 0.319 e. The van der Waals surface area contributed by atoms with Crippen molar-refractivity contribution in [3.8, 4) is 11.3 Å². The van der Waals surface area contributed by atoms with Crippen molar-refractivity contribution in [3.63, 3.8) is 0 Å². The van der Waals surface area contributed by atoms with Crippen LogP contribution >= 0.6 is 11.3 Å². The molecule has 3 aromatic rings. The molecule has 122 valence electrons. The Hall–Kier alpha value is -2.53. The molecule has 3 rings (SSSR count). The van der Waals surface area contributed by atoms with Gasteiger partial charge in [-0.25, -0.2) is 4.39 Å². The molecule has 0 radical (unpaired) electrons. The summed E-state index contributed by atoms with van der Waals surface area (Å²) in [7, 11) is 1.86. The Morgan fingerprint density at radius 1 is 1.04 bits per heavy atom. The van der Waals surface area contributed by atoms with Gasteiger partial charge in [0.05, 0.1) is 5.69 Å². The van der Waals surface area contributed by atoms with Crippen LogP contribution < -0.4 is 4.80 Å². The van der Waals surface area contributed by atoms with Gasteiger partial charge in [-0.05, 0) is 55.8 Å². The molecular weight excluding hydrogens is 323 g/mol. The van der Waals surface area contributed by atoms with Gasteiger partial charge in [0.2, 0.25) is 0 Å². The maximum absolute atomic E-state index is 13.1. The molecule has 24 heavy (non-hydrogen) atoms. The molecule has 0 spiro atoms. The number of thiazole rings is 1. The summed E-state index contributed by atoms with van der Waals surface area (Å²) in [5, 5.41) is 0. The van der Waals surface area contributed by atoms with E-state index in [9.17, 15) is 9.18 Å². The highest BCUT2D eigenvalue weighted by atomic mass is 32.1. The average molecular weight is 340 g/mol. The SMILES string of the molecule is Cc1ccc(C(=O)N=c2sc(C)c(-c3ccc(F)cc3)n2C)cc1. The zero-order valence-electron chi connectivity index (χ0n) is 13.7. The summed E-state index contributed by atoms with van der Waals surface area (Å²) in [6.07, 6.45) is 0. The second kappa shape index (κ2) is 6.53. The van der Waals surface area contributed by atoms with E-state index in [2.05, 4.69) is 4.99 Å². The molecule has 1 heterocycles. The predicted octanol–water partition coefficient (Wildman–Crippen LogP) is 4.25. The average Bonchev–Trinajstić information content (AvgIpc) is 2.83. The van der Waals surface area contributed by atoms with Crippen molar-refractivity contribution < 1.29 is 9.18 Å². The summed E-state index contributed by atoms with van der Waals surface area (Å²) in [6, 6.07) is 13.7. The lowest BCUT2D eigenvalue weighted by Gasteiger charge is -2.04. The van der Waals surface area contributed by atoms with E-state index >= 15 is 0 Å². The molecule has 0 aliphatic heterocycles. The maximum Gasteiger partial charge on any atom is 0.279 e. The zero-order valence-corrected chi connectivity index (χ0v) is 14.5. The molecule has 0 fully saturated rings. The third-order valence-corrected chi connectivity index (χ3v) is 4.86. The van der Waals surface area contributed by atoms with Crippen LogP contribution in [0.4, 0.5) is 4.39 Å². The smallest absolute Gasteiger partial charge is 0.279 e. The monoisotopic (exact) mass is 340 g/mol. The number of carbonyl (C=O) groups excluding carboxylic acids is 1. The third kappa shape index (κ3) is 3.21. The van der Waals surface area contributed by atoms with Gasteiger partial charge in [-0.3, -0.25) is 4.79 Å². The summed E-state index contributed by atoms with van der Waals surface area (Å²) < 4.78 is 15.0. The fourth-order valence-electron chi connectivity index (χ4n) is 2.54. The number of benzene rings is 2. The Bertz CT molecular complexity index is 951. The second-order valence-electron chi connectivity index (χ2n) is 5.64. The number of aryl methyl sites for hydroxylation is 2. The second-order valence-corrected chi connectivity index (χ2v) is 6.82. The summed E-state index contributed by atoms with van der Waals surface area (Å²) >= 11 is 1.45. The molecule has 0 saturated carbocycles. The van der Waals surface area contributed by atoms with Gasteiger partial charge in [0.15, 0.2) is 4.80 Å². The van der Waals surface area contributed by atoms with Crippen molar-refractivity contribution in [3.05, 3.63) is 75.2 Å². The van der Waals surface area contributed by atoms with Crippen molar-refractivity contribution in [2.24, 2.45) is 12.0 Å². The van der Waals surface area contributed by atoms with Crippen LogP contribution in [0.25, 0.3) is 11.3 Å². The molecule has 3 nitrogen and oxygen atoms in total. The molecule has 0 saturated heterocycles. The van der Waals surface area contributed by atoms with Crippen LogP contribution in [0.15, 0.2) is 53.5 Å². The lowest BCUT2D eigenvalue weighted by molar-refractivity contribution is 0.0998. The number of amides is 1. The van der Waals surface area contributed by atoms with Gasteiger partial charge >= 0.3 is 0 Å². The molecular formula is C19H17FN2OS. The van der Waals surface area contributed by atoms with Crippen LogP contribution in [-0.4, -0.2) is 10.5 Å². The van der Waals surface area contributed by atoms with Crippen molar-refractivity contribution in [2.45, 2.75) is 13.8 Å². The lowest BCUT2D eigenvalue weighted by Crippen LogP contribution is -2.14. The van der Waals surface area contributed by atoms with Crippen LogP contribution in [0, 0.1) is 19.7 Å². The van der Waals surface area contributed by atoms with Crippen LogP contribution in [0.1, 0.15) is 20.8 Å². The predicted molar refractivity (Wildman–Crippen MR) is 94.5 cm³/mol. The van der Waals surface area contributed by atoms with Gasteiger partial charge in [-0.2, -0.15) is 4.99 Å². The molecule has 5 heteroatoms. The van der Waals surface area contributed by atoms with Gasteiger partial charge in [0.25, 0.3) is 5.91 Å². The first-order chi connectivity index (χ1) is 11.5. The summed E-state index contributed by atoms with van der Waals surface area (Å²) in [6.45, 7) is 3.95. The number of halogens is 1. The number of hydrogen-bond donors (Lipinski definition) is 0. The zero-order chi connectivity index (χ0) is 17.3. The van der Waals surface area contributed by atoms with Gasteiger partial charge in [-0.15, -0.1) is 11.3 Å². The number of aromatic nitrogens is 1. The number of rotatable bonds is 2. The minimum Gasteiger partial charge on any atom is -0.319 e. The Labute approximate surface area is 143 Å². The fraction of sp³-hybridized carbons (Fsp3) is 0.158. The molecule has 0 aliphatic carbocycles. The third-order valence-electron chi connectivity index (χ3n) is 3.81. The Morgan fingerprint density at radius 2 is 1.67 bits per heavy atom. The van der Waals surface area contributed by atoms with E-state index in [4.69, 9.17) is 0 Å². The highest BCUT2D eigenvalue weighted by Gasteiger charge is 2.11. The van der Waals surface area contributed by atoms with Gasteiger partial charge in [-0.1, -0.05) is 17.7 Å². The summed E-state index contributed by atoms with van der Waals surface area (Å²) in [4.78, 5) is 18.3. The van der Waals surface area contributed by atoms with E-state index in [0.29, 0.717) is 10.4 Å². The van der Waals surface area contributed by atoms with Gasteiger partial charge in [0.1, 0.15) is 5.82 Å². The topological polar surface area (TPSA) is 34.4 Å². The van der Waals surface area contributed by atoms with E-state index in [-0.39, 0.29) is 11.7 Å². The standard InChI is InChI=1S/C19H17FN2OS/c1-12-4-6-15(7-5-12)18(23)21-19-22(3)17(13(2)24-19)14-8-10-16(20)11-9-14/h4-11H,1-3H3. The van der Waals surface area contributed by atoms with Crippen molar-refractivity contribution in [1.29, 1.82) is 0 Å². The van der Waals surface area contributed by atoms with Crippen molar-refractivity contribution >= 4 is 17.2 Å². The first-order valence-corrected chi connectivity index (χ1v) is 8.35. The fourth-order valence-corrected chi connectivity index (χ4v) is 3.52. The molecule has 1 amide bonds. The molecule has 0 atom stereocenters. The van der Waals surface area contributed by atoms with E-state index in [0.717, 1.165) is 21.7 Å². The maximum atomic E-state index is 13.1. The Balaban J connectivity index is 2.03. The lowest BCUT2D eigenvalue weighted by atomic mass is 10.1. The highest BCUT2D eigenvalue weighted by molar-refractivity contribution is 7.09. The number of hydrogen-bond acceptors (Lipinski definition) is 2. The molecule has 2 aromatic carbocycles. The van der Waals surface area contributed by atoms with Crippen LogP contribution in [0.5, 0.6) is 0 Å². The Morgan fingerprint density at radius 3 is 2.29 bits per heavy atom. The minimum absolute atomic E-state index is 0.266. The summed E-state index contributed by atoms with van der Waals surface area (Å²) in [5.74, 6) is -0.536. The summed E-state index contributed by atoms with van der Waals surface area (Å²) in [5.41, 5.74) is 3.50. The number of carbonyl (C=O) groups is 1. The molecule has 1 aromatic heterocycles. The van der Waals surface area contributed by atoms with Crippen LogP contribution in [0.2, 0.25) is 0 Å². The van der Waals surface area contributed by atoms with Crippen molar-refractivity contribution in [2.75, 3.05) is 0 Å². The Kier molecular flexibility index (Phi) is 4.44. The number of nitrogens with zero attached hydrogens (tertiary/aromatic N) is 2. The highest BCUT2D eigenvalue weighted by Crippen LogP contribution is 2.24. The minimum atomic E-state index is -0.270. The van der Waals surface area contributed by atoms with Crippen molar-refractivity contribution in [1.82, 2.24) is 4.57 Å². The molecule has 0 N–H and O–H groups in total. The van der Waals surface area contributed by atoms with E-state index in [1.165, 1.54) is 23.5 Å². The van der Waals surface area contributed by atoms with Gasteiger partial charge < -0.3 is 4.57 Å². The first kappa shape index (κ1) is 16.3. The van der Waals surface area contributed by atoms with E-state index in [1.807, 2.05) is 37.6 Å². The van der Waals surface area contributed by atoms with Crippen LogP contribution in [-0.2, 0) is 7.05 Å². The molecule has 0 bridgehead atoms. The first-order valence-electron chi connectivity index (χ1n) is 7.54. The quantitative estimate of drug-likeness (QED) is 0.687. The van der Waals surface area contributed by atoms with E-state index < -0.39 is 0 Å². The van der Waals surface area contributed by atoms with E-state index in [1.54, 1.807) is 24.3 Å². The molecule has 0 unspecified atom stereocenters. The normalized spacial score (nSPS) is 11.8.